The first kappa shape index (κ1) is 22.0. The second-order valence-corrected chi connectivity index (χ2v) is 11.1. The van der Waals surface area contributed by atoms with E-state index in [4.69, 9.17) is 5.14 Å². The molecular weight excluding hydrogens is 456 g/mol. The molecule has 0 atom stereocenters. The first-order valence-electron chi connectivity index (χ1n) is 9.79. The Morgan fingerprint density at radius 1 is 1.29 bits per heavy atom. The van der Waals surface area contributed by atoms with Gasteiger partial charge in [-0.25, -0.2) is 18.5 Å². The standard InChI is InChI=1S/C20H22N4O4S3/c21-31(27,28)11-12-4-3-5-13(8-12)22-17(25)10-29-9-16-23-19(26)18-14-6-1-2-7-15(14)30-20(18)24-16/h3-5,8H,1-2,6-7,9-11H2,(H,22,25)(H2,21,27,28)(H,23,24,26). The quantitative estimate of drug-likeness (QED) is 0.478. The van der Waals surface area contributed by atoms with Crippen molar-refractivity contribution in [2.45, 2.75) is 37.2 Å². The summed E-state index contributed by atoms with van der Waals surface area (Å²) in [5.74, 6) is 0.616. The average molecular weight is 479 g/mol. The van der Waals surface area contributed by atoms with E-state index >= 15 is 0 Å². The van der Waals surface area contributed by atoms with E-state index in [9.17, 15) is 18.0 Å². The second-order valence-electron chi connectivity index (χ2n) is 7.45. The zero-order valence-electron chi connectivity index (χ0n) is 16.6. The number of fused-ring (bicyclic) bond motifs is 3. The van der Waals surface area contributed by atoms with E-state index in [0.29, 0.717) is 22.8 Å². The summed E-state index contributed by atoms with van der Waals surface area (Å²) in [4.78, 5) is 34.3. The number of aromatic amines is 1. The van der Waals surface area contributed by atoms with Crippen molar-refractivity contribution in [2.24, 2.45) is 5.14 Å². The van der Waals surface area contributed by atoms with Crippen LogP contribution in [-0.4, -0.2) is 30.0 Å². The maximum Gasteiger partial charge on any atom is 0.259 e. The highest BCUT2D eigenvalue weighted by molar-refractivity contribution is 7.99. The molecule has 0 bridgehead atoms. The number of thioether (sulfide) groups is 1. The third kappa shape index (κ3) is 5.53. The van der Waals surface area contributed by atoms with E-state index < -0.39 is 10.0 Å². The molecule has 4 N–H and O–H groups in total. The summed E-state index contributed by atoms with van der Waals surface area (Å²) in [7, 11) is -3.64. The van der Waals surface area contributed by atoms with Crippen molar-refractivity contribution in [3.63, 3.8) is 0 Å². The highest BCUT2D eigenvalue weighted by Crippen LogP contribution is 2.33. The van der Waals surface area contributed by atoms with Crippen LogP contribution in [0.3, 0.4) is 0 Å². The maximum absolute atomic E-state index is 12.6. The van der Waals surface area contributed by atoms with Crippen molar-refractivity contribution in [1.82, 2.24) is 9.97 Å². The molecule has 0 spiro atoms. The van der Waals surface area contributed by atoms with E-state index in [1.807, 2.05) is 0 Å². The molecule has 164 valence electrons. The fourth-order valence-corrected chi connectivity index (χ4v) is 6.30. The lowest BCUT2D eigenvalue weighted by molar-refractivity contribution is -0.113. The Kier molecular flexibility index (Phi) is 6.47. The van der Waals surface area contributed by atoms with E-state index in [1.54, 1.807) is 35.6 Å². The van der Waals surface area contributed by atoms with Crippen LogP contribution >= 0.6 is 23.1 Å². The summed E-state index contributed by atoms with van der Waals surface area (Å²) in [6, 6.07) is 6.56. The number of rotatable bonds is 7. The van der Waals surface area contributed by atoms with Crippen molar-refractivity contribution in [1.29, 1.82) is 0 Å². The fraction of sp³-hybridized carbons (Fsp3) is 0.350. The van der Waals surface area contributed by atoms with Gasteiger partial charge >= 0.3 is 0 Å². The summed E-state index contributed by atoms with van der Waals surface area (Å²) < 4.78 is 22.5. The second kappa shape index (κ2) is 9.11. The monoisotopic (exact) mass is 478 g/mol. The van der Waals surface area contributed by atoms with Crippen molar-refractivity contribution in [3.8, 4) is 0 Å². The Morgan fingerprint density at radius 3 is 2.90 bits per heavy atom. The van der Waals surface area contributed by atoms with Crippen LogP contribution < -0.4 is 16.0 Å². The zero-order chi connectivity index (χ0) is 22.0. The van der Waals surface area contributed by atoms with Crippen LogP contribution in [0.2, 0.25) is 0 Å². The number of nitrogens with two attached hydrogens (primary N) is 1. The van der Waals surface area contributed by atoms with Gasteiger partial charge in [0.05, 0.1) is 22.6 Å². The number of sulfonamides is 1. The molecule has 0 aliphatic heterocycles. The Labute approximate surface area is 187 Å². The number of hydrogen-bond donors (Lipinski definition) is 3. The molecule has 11 heteroatoms. The summed E-state index contributed by atoms with van der Waals surface area (Å²) in [5, 5.41) is 8.53. The summed E-state index contributed by atoms with van der Waals surface area (Å²) in [6.07, 6.45) is 4.21. The molecule has 0 unspecified atom stereocenters. The summed E-state index contributed by atoms with van der Waals surface area (Å²) in [5.41, 5.74) is 2.06. The van der Waals surface area contributed by atoms with Gasteiger partial charge in [-0.2, -0.15) is 0 Å². The first-order valence-corrected chi connectivity index (χ1v) is 13.5. The molecule has 2 aromatic heterocycles. The lowest BCUT2D eigenvalue weighted by Crippen LogP contribution is -2.16. The third-order valence-corrected chi connectivity index (χ3v) is 7.79. The van der Waals surface area contributed by atoms with Crippen LogP contribution in [0.25, 0.3) is 10.2 Å². The molecule has 1 aliphatic rings. The van der Waals surface area contributed by atoms with Gasteiger partial charge in [0.15, 0.2) is 0 Å². The Balaban J connectivity index is 1.36. The molecule has 0 saturated carbocycles. The van der Waals surface area contributed by atoms with E-state index in [1.165, 1.54) is 16.6 Å². The number of aromatic nitrogens is 2. The number of carbonyl (C=O) groups excluding carboxylic acids is 1. The average Bonchev–Trinajstić information content (AvgIpc) is 3.05. The number of nitrogens with zero attached hydrogens (tertiary/aromatic N) is 1. The van der Waals surface area contributed by atoms with Crippen LogP contribution in [0.5, 0.6) is 0 Å². The van der Waals surface area contributed by atoms with Gasteiger partial charge in [0.1, 0.15) is 10.7 Å². The molecule has 1 amide bonds. The molecule has 0 radical (unpaired) electrons. The topological polar surface area (TPSA) is 135 Å². The number of primary sulfonamides is 1. The molecule has 31 heavy (non-hydrogen) atoms. The Hall–Kier alpha value is -2.21. The highest BCUT2D eigenvalue weighted by atomic mass is 32.2. The van der Waals surface area contributed by atoms with Crippen molar-refractivity contribution < 1.29 is 13.2 Å². The normalized spacial score (nSPS) is 13.8. The number of anilines is 1. The minimum absolute atomic E-state index is 0.101. The van der Waals surface area contributed by atoms with Crippen molar-refractivity contribution >= 4 is 54.9 Å². The molecule has 0 saturated heterocycles. The minimum atomic E-state index is -3.64. The molecule has 1 aliphatic carbocycles. The number of H-pyrrole nitrogens is 1. The van der Waals surface area contributed by atoms with Crippen LogP contribution in [0.15, 0.2) is 29.1 Å². The van der Waals surface area contributed by atoms with Crippen LogP contribution in [0, 0.1) is 0 Å². The van der Waals surface area contributed by atoms with Crippen LogP contribution in [0.4, 0.5) is 5.69 Å². The predicted octanol–water partition coefficient (Wildman–Crippen LogP) is 2.52. The Bertz CT molecular complexity index is 1300. The van der Waals surface area contributed by atoms with E-state index in [0.717, 1.165) is 41.5 Å². The molecule has 0 fully saturated rings. The largest absolute Gasteiger partial charge is 0.325 e. The molecule has 1 aromatic carbocycles. The number of benzene rings is 1. The van der Waals surface area contributed by atoms with Gasteiger partial charge in [-0.05, 0) is 48.9 Å². The number of amides is 1. The van der Waals surface area contributed by atoms with Crippen LogP contribution in [-0.2, 0) is 39.2 Å². The third-order valence-electron chi connectivity index (χ3n) is 4.92. The maximum atomic E-state index is 12.6. The molecule has 2 heterocycles. The van der Waals surface area contributed by atoms with Gasteiger partial charge < -0.3 is 10.3 Å². The number of aryl methyl sites for hydroxylation is 2. The van der Waals surface area contributed by atoms with Gasteiger partial charge in [-0.1, -0.05) is 12.1 Å². The molecule has 8 nitrogen and oxygen atoms in total. The van der Waals surface area contributed by atoms with Gasteiger partial charge in [-0.15, -0.1) is 23.1 Å². The SMILES string of the molecule is NS(=O)(=O)Cc1cccc(NC(=O)CSCc2nc3sc4c(c3c(=O)[nH]2)CCCC4)c1. The number of hydrogen-bond acceptors (Lipinski definition) is 7. The van der Waals surface area contributed by atoms with Crippen molar-refractivity contribution in [3.05, 3.63) is 56.4 Å². The van der Waals surface area contributed by atoms with Crippen LogP contribution in [0.1, 0.15) is 34.7 Å². The minimum Gasteiger partial charge on any atom is -0.325 e. The van der Waals surface area contributed by atoms with E-state index in [2.05, 4.69) is 15.3 Å². The van der Waals surface area contributed by atoms with Crippen molar-refractivity contribution in [2.75, 3.05) is 11.1 Å². The van der Waals surface area contributed by atoms with Gasteiger partial charge in [0.25, 0.3) is 5.56 Å². The number of thiophene rings is 1. The summed E-state index contributed by atoms with van der Waals surface area (Å²) in [6.45, 7) is 0. The molecule has 3 aromatic rings. The summed E-state index contributed by atoms with van der Waals surface area (Å²) >= 11 is 2.95. The van der Waals surface area contributed by atoms with Gasteiger partial charge in [0.2, 0.25) is 15.9 Å². The number of carbonyl (C=O) groups is 1. The van der Waals surface area contributed by atoms with E-state index in [-0.39, 0.29) is 23.0 Å². The Morgan fingerprint density at radius 2 is 2.10 bits per heavy atom. The smallest absolute Gasteiger partial charge is 0.259 e. The lowest BCUT2D eigenvalue weighted by Gasteiger charge is -2.09. The highest BCUT2D eigenvalue weighted by Gasteiger charge is 2.19. The molecule has 4 rings (SSSR count). The van der Waals surface area contributed by atoms with Gasteiger partial charge in [-0.3, -0.25) is 9.59 Å². The molecular formula is C20H22N4O4S3. The fourth-order valence-electron chi connectivity index (χ4n) is 3.69. The number of nitrogens with one attached hydrogen (secondary N) is 2. The first-order chi connectivity index (χ1) is 14.8. The lowest BCUT2D eigenvalue weighted by atomic mass is 9.97. The zero-order valence-corrected chi connectivity index (χ0v) is 19.1. The predicted molar refractivity (Wildman–Crippen MR) is 125 cm³/mol. The van der Waals surface area contributed by atoms with Gasteiger partial charge in [0, 0.05) is 10.6 Å².